The van der Waals surface area contributed by atoms with Gasteiger partial charge < -0.3 is 9.15 Å². The summed E-state index contributed by atoms with van der Waals surface area (Å²) in [5.74, 6) is 0.936. The van der Waals surface area contributed by atoms with Crippen LogP contribution < -0.4 is 0 Å². The minimum absolute atomic E-state index is 0.0247. The number of hydrogen-bond acceptors (Lipinski definition) is 6. The molecule has 1 fully saturated rings. The summed E-state index contributed by atoms with van der Waals surface area (Å²) >= 11 is 0. The van der Waals surface area contributed by atoms with Crippen molar-refractivity contribution in [2.24, 2.45) is 5.92 Å². The van der Waals surface area contributed by atoms with E-state index < -0.39 is 0 Å². The number of hydrogen-bond donors (Lipinski definition) is 0. The Bertz CT molecular complexity index is 728. The third-order valence-corrected chi connectivity index (χ3v) is 4.68. The molecule has 0 aliphatic carbocycles. The summed E-state index contributed by atoms with van der Waals surface area (Å²) in [6.45, 7) is 7.93. The minimum atomic E-state index is -0.106. The third kappa shape index (κ3) is 4.07. The fraction of sp³-hybridized carbons (Fsp3) is 0.526. The lowest BCUT2D eigenvalue weighted by Gasteiger charge is -2.34. The van der Waals surface area contributed by atoms with E-state index in [0.717, 1.165) is 30.5 Å². The third-order valence-electron chi connectivity index (χ3n) is 4.68. The van der Waals surface area contributed by atoms with Crippen molar-refractivity contribution in [2.75, 3.05) is 19.7 Å². The fourth-order valence-corrected chi connectivity index (χ4v) is 3.27. The van der Waals surface area contributed by atoms with Gasteiger partial charge in [-0.25, -0.2) is 0 Å². The zero-order valence-electron chi connectivity index (χ0n) is 15.1. The number of benzene rings is 1. The number of rotatable bonds is 5. The van der Waals surface area contributed by atoms with E-state index in [1.807, 2.05) is 45.0 Å². The van der Waals surface area contributed by atoms with E-state index in [1.165, 1.54) is 0 Å². The Morgan fingerprint density at radius 3 is 3.04 bits per heavy atom. The number of ether oxygens (including phenoxy) is 1. The maximum Gasteiger partial charge on any atom is 0.310 e. The van der Waals surface area contributed by atoms with Crippen molar-refractivity contribution in [3.63, 3.8) is 0 Å². The van der Waals surface area contributed by atoms with Gasteiger partial charge in [0.05, 0.1) is 18.6 Å². The summed E-state index contributed by atoms with van der Waals surface area (Å²) in [5, 5.41) is 8.42. The van der Waals surface area contributed by atoms with Crippen molar-refractivity contribution in [1.82, 2.24) is 15.1 Å². The number of carbonyl (C=O) groups is 1. The number of aryl methyl sites for hydroxylation is 1. The van der Waals surface area contributed by atoms with Gasteiger partial charge in [-0.2, -0.15) is 0 Å². The van der Waals surface area contributed by atoms with Gasteiger partial charge in [-0.3, -0.25) is 9.69 Å². The van der Waals surface area contributed by atoms with E-state index in [2.05, 4.69) is 15.1 Å². The first-order chi connectivity index (χ1) is 12.1. The molecule has 1 aliphatic heterocycles. The van der Waals surface area contributed by atoms with E-state index in [1.54, 1.807) is 0 Å². The molecule has 25 heavy (non-hydrogen) atoms. The molecule has 1 aromatic heterocycles. The molecule has 6 nitrogen and oxygen atoms in total. The smallest absolute Gasteiger partial charge is 0.310 e. The second-order valence-corrected chi connectivity index (χ2v) is 6.58. The topological polar surface area (TPSA) is 68.5 Å². The highest BCUT2D eigenvalue weighted by atomic mass is 16.5. The Morgan fingerprint density at radius 2 is 2.28 bits per heavy atom. The molecule has 0 unspecified atom stereocenters. The van der Waals surface area contributed by atoms with Gasteiger partial charge in [-0.05, 0) is 52.3 Å². The minimum Gasteiger partial charge on any atom is -0.466 e. The lowest BCUT2D eigenvalue weighted by atomic mass is 9.97. The highest BCUT2D eigenvalue weighted by molar-refractivity contribution is 5.72. The number of carbonyl (C=O) groups excluding carboxylic acids is 1. The molecular formula is C19H25N3O3. The molecule has 0 saturated carbocycles. The average molecular weight is 343 g/mol. The lowest BCUT2D eigenvalue weighted by molar-refractivity contribution is -0.150. The van der Waals surface area contributed by atoms with Crippen molar-refractivity contribution in [3.8, 4) is 11.5 Å². The average Bonchev–Trinajstić information content (AvgIpc) is 3.11. The van der Waals surface area contributed by atoms with Crippen molar-refractivity contribution in [1.29, 1.82) is 0 Å². The molecule has 2 heterocycles. The molecule has 0 bridgehead atoms. The predicted octanol–water partition coefficient (Wildman–Crippen LogP) is 3.38. The first kappa shape index (κ1) is 17.6. The molecule has 6 heteroatoms. The fourth-order valence-electron chi connectivity index (χ4n) is 3.27. The SMILES string of the molecule is CCOC(=O)[C@@H]1CCCN([C@H](C)c2nnc(-c3cccc(C)c3)o2)C1. The van der Waals surface area contributed by atoms with Gasteiger partial charge in [-0.1, -0.05) is 17.7 Å². The monoisotopic (exact) mass is 343 g/mol. The second kappa shape index (κ2) is 7.78. The van der Waals surface area contributed by atoms with Crippen molar-refractivity contribution < 1.29 is 13.9 Å². The van der Waals surface area contributed by atoms with Crippen molar-refractivity contribution in [2.45, 2.75) is 39.7 Å². The molecular weight excluding hydrogens is 318 g/mol. The van der Waals surface area contributed by atoms with Gasteiger partial charge in [0.2, 0.25) is 11.8 Å². The van der Waals surface area contributed by atoms with Crippen LogP contribution in [-0.2, 0) is 9.53 Å². The summed E-state index contributed by atoms with van der Waals surface area (Å²) in [4.78, 5) is 14.2. The lowest BCUT2D eigenvalue weighted by Crippen LogP contribution is -2.40. The van der Waals surface area contributed by atoms with Crippen LogP contribution in [0.25, 0.3) is 11.5 Å². The number of esters is 1. The summed E-state index contributed by atoms with van der Waals surface area (Å²) < 4.78 is 11.1. The molecule has 3 rings (SSSR count). The van der Waals surface area contributed by atoms with Crippen LogP contribution in [0.2, 0.25) is 0 Å². The van der Waals surface area contributed by atoms with E-state index in [9.17, 15) is 4.79 Å². The first-order valence-corrected chi connectivity index (χ1v) is 8.89. The van der Waals surface area contributed by atoms with Crippen LogP contribution in [-0.4, -0.2) is 40.8 Å². The van der Waals surface area contributed by atoms with Gasteiger partial charge >= 0.3 is 5.97 Å². The number of piperidine rings is 1. The maximum absolute atomic E-state index is 12.0. The zero-order chi connectivity index (χ0) is 17.8. The summed E-state index contributed by atoms with van der Waals surface area (Å²) in [6, 6.07) is 7.98. The van der Waals surface area contributed by atoms with E-state index in [0.29, 0.717) is 24.9 Å². The highest BCUT2D eigenvalue weighted by Gasteiger charge is 2.31. The van der Waals surface area contributed by atoms with Gasteiger partial charge in [0, 0.05) is 12.1 Å². The molecule has 1 saturated heterocycles. The van der Waals surface area contributed by atoms with Crippen molar-refractivity contribution >= 4 is 5.97 Å². The van der Waals surface area contributed by atoms with E-state index in [-0.39, 0.29) is 17.9 Å². The number of aromatic nitrogens is 2. The molecule has 2 atom stereocenters. The van der Waals surface area contributed by atoms with Gasteiger partial charge in [-0.15, -0.1) is 10.2 Å². The number of nitrogens with zero attached hydrogens (tertiary/aromatic N) is 3. The molecule has 1 aromatic carbocycles. The summed E-state index contributed by atoms with van der Waals surface area (Å²) in [7, 11) is 0. The highest BCUT2D eigenvalue weighted by Crippen LogP contribution is 2.28. The maximum atomic E-state index is 12.0. The van der Waals surface area contributed by atoms with Gasteiger partial charge in [0.1, 0.15) is 0 Å². The molecule has 1 aliphatic rings. The Labute approximate surface area is 148 Å². The predicted molar refractivity (Wildman–Crippen MR) is 93.8 cm³/mol. The summed E-state index contributed by atoms with van der Waals surface area (Å²) in [6.07, 6.45) is 1.84. The van der Waals surface area contributed by atoms with Crippen LogP contribution in [0.4, 0.5) is 0 Å². The quantitative estimate of drug-likeness (QED) is 0.775. The van der Waals surface area contributed by atoms with Crippen LogP contribution in [0.5, 0.6) is 0 Å². The first-order valence-electron chi connectivity index (χ1n) is 8.89. The molecule has 2 aromatic rings. The second-order valence-electron chi connectivity index (χ2n) is 6.58. The molecule has 0 spiro atoms. The zero-order valence-corrected chi connectivity index (χ0v) is 15.1. The molecule has 0 amide bonds. The van der Waals surface area contributed by atoms with E-state index in [4.69, 9.17) is 9.15 Å². The Kier molecular flexibility index (Phi) is 5.48. The Hall–Kier alpha value is -2.21. The van der Waals surface area contributed by atoms with Crippen LogP contribution in [0.1, 0.15) is 44.2 Å². The Morgan fingerprint density at radius 1 is 1.44 bits per heavy atom. The van der Waals surface area contributed by atoms with E-state index >= 15 is 0 Å². The van der Waals surface area contributed by atoms with Gasteiger partial charge in [0.25, 0.3) is 0 Å². The van der Waals surface area contributed by atoms with Crippen LogP contribution >= 0.6 is 0 Å². The largest absolute Gasteiger partial charge is 0.466 e. The standard InChI is InChI=1S/C19H25N3O3/c1-4-24-19(23)16-9-6-10-22(12-16)14(3)17-20-21-18(25-17)15-8-5-7-13(2)11-15/h5,7-8,11,14,16H,4,6,9-10,12H2,1-3H3/t14-,16-/m1/s1. The molecule has 134 valence electrons. The molecule has 0 N–H and O–H groups in total. The molecule has 0 radical (unpaired) electrons. The van der Waals surface area contributed by atoms with Crippen LogP contribution in [0.15, 0.2) is 28.7 Å². The normalized spacial score (nSPS) is 19.6. The van der Waals surface area contributed by atoms with Crippen LogP contribution in [0.3, 0.4) is 0 Å². The van der Waals surface area contributed by atoms with Gasteiger partial charge in [0.15, 0.2) is 0 Å². The number of likely N-dealkylation sites (tertiary alicyclic amines) is 1. The summed E-state index contributed by atoms with van der Waals surface area (Å²) in [5.41, 5.74) is 2.08. The van der Waals surface area contributed by atoms with Crippen molar-refractivity contribution in [3.05, 3.63) is 35.7 Å². The van der Waals surface area contributed by atoms with Crippen LogP contribution in [0, 0.1) is 12.8 Å². The Balaban J connectivity index is 1.70.